The van der Waals surface area contributed by atoms with Crippen molar-refractivity contribution in [3.05, 3.63) is 136 Å². The number of tetrazole rings is 1. The van der Waals surface area contributed by atoms with Gasteiger partial charge in [0.05, 0.1) is 24.2 Å². The van der Waals surface area contributed by atoms with Crippen LogP contribution >= 0.6 is 11.6 Å². The first-order valence-electron chi connectivity index (χ1n) is 15.0. The van der Waals surface area contributed by atoms with Crippen molar-refractivity contribution in [3.63, 3.8) is 0 Å². The number of fused-ring (bicyclic) bond motifs is 1. The summed E-state index contributed by atoms with van der Waals surface area (Å²) < 4.78 is 34.9. The van der Waals surface area contributed by atoms with Gasteiger partial charge in [-0.25, -0.2) is 8.78 Å². The average Bonchev–Trinajstić information content (AvgIpc) is 3.64. The quantitative estimate of drug-likeness (QED) is 0.142. The second kappa shape index (κ2) is 14.1. The number of rotatable bonds is 9. The van der Waals surface area contributed by atoms with E-state index in [1.807, 2.05) is 42.5 Å². The highest BCUT2D eigenvalue weighted by Crippen LogP contribution is 2.38. The number of ether oxygens (including phenoxy) is 1. The molecule has 0 saturated heterocycles. The van der Waals surface area contributed by atoms with Crippen molar-refractivity contribution in [2.75, 3.05) is 13.7 Å². The SMILES string of the molecule is COC(=O)Cc1ccc(-c2cccc3c2CCN(C(=O)/C=C/c2c(-n4cnnn4)ccc(Cl)c2F)C3C(=O)Cc2ccc(F)cc2)cc1. The lowest BCUT2D eigenvalue weighted by Gasteiger charge is -2.37. The Morgan fingerprint density at radius 3 is 2.40 bits per heavy atom. The van der Waals surface area contributed by atoms with Gasteiger partial charge in [0, 0.05) is 24.6 Å². The fraction of sp³-hybridized carbons (Fsp3) is 0.167. The fourth-order valence-corrected chi connectivity index (χ4v) is 6.07. The van der Waals surface area contributed by atoms with E-state index < -0.39 is 23.6 Å². The van der Waals surface area contributed by atoms with E-state index in [4.69, 9.17) is 16.3 Å². The average molecular weight is 668 g/mol. The Morgan fingerprint density at radius 2 is 1.69 bits per heavy atom. The number of hydrogen-bond donors (Lipinski definition) is 0. The maximum absolute atomic E-state index is 15.2. The summed E-state index contributed by atoms with van der Waals surface area (Å²) in [4.78, 5) is 41.2. The number of carbonyl (C=O) groups excluding carboxylic acids is 3. The molecule has 48 heavy (non-hydrogen) atoms. The Kier molecular flexibility index (Phi) is 9.49. The van der Waals surface area contributed by atoms with Crippen LogP contribution in [0.1, 0.15) is 33.9 Å². The number of Topliss-reactive ketones (excluding diaryl/α,β-unsaturated/α-hetero) is 1. The van der Waals surface area contributed by atoms with Gasteiger partial charge in [0.15, 0.2) is 11.6 Å². The molecule has 0 spiro atoms. The van der Waals surface area contributed by atoms with E-state index in [1.165, 1.54) is 71.6 Å². The predicted octanol–water partition coefficient (Wildman–Crippen LogP) is 5.93. The molecule has 0 radical (unpaired) electrons. The third kappa shape index (κ3) is 6.77. The Labute approximate surface area is 279 Å². The molecule has 1 aliphatic heterocycles. The number of halogens is 3. The molecule has 1 aliphatic rings. The number of benzene rings is 4. The van der Waals surface area contributed by atoms with Crippen molar-refractivity contribution in [1.82, 2.24) is 25.1 Å². The monoisotopic (exact) mass is 667 g/mol. The number of hydrogen-bond acceptors (Lipinski definition) is 7. The van der Waals surface area contributed by atoms with Gasteiger partial charge in [-0.05, 0) is 80.6 Å². The molecule has 4 aromatic carbocycles. The third-order valence-corrected chi connectivity index (χ3v) is 8.53. The number of nitrogens with zero attached hydrogens (tertiary/aromatic N) is 5. The summed E-state index contributed by atoms with van der Waals surface area (Å²) in [6.07, 6.45) is 4.33. The summed E-state index contributed by atoms with van der Waals surface area (Å²) in [5.41, 5.74) is 5.00. The van der Waals surface area contributed by atoms with E-state index >= 15 is 4.39 Å². The molecule has 9 nitrogen and oxygen atoms in total. The first-order chi connectivity index (χ1) is 23.2. The largest absolute Gasteiger partial charge is 0.469 e. The number of aromatic nitrogens is 4. The Hall–Kier alpha value is -5.55. The summed E-state index contributed by atoms with van der Waals surface area (Å²) in [5, 5.41) is 10.9. The second-order valence-corrected chi connectivity index (χ2v) is 11.6. The molecule has 0 N–H and O–H groups in total. The first kappa shape index (κ1) is 32.4. The van der Waals surface area contributed by atoms with Crippen LogP contribution in [0.25, 0.3) is 22.9 Å². The van der Waals surface area contributed by atoms with Crippen molar-refractivity contribution in [2.24, 2.45) is 0 Å². The standard InChI is InChI=1S/C36H28ClF2N5O4/c1-48-34(47)20-23-5-9-24(10-6-23)26-3-2-4-28-27(26)17-18-43(36(28)32(45)19-22-7-11-25(38)12-8-22)33(46)16-13-29-31(44-21-40-41-42-44)15-14-30(37)35(29)39/h2-16,21,36H,17-20H2,1H3/b16-13+. The van der Waals surface area contributed by atoms with Crippen LogP contribution in [0.15, 0.2) is 91.3 Å². The Bertz CT molecular complexity index is 2020. The molecule has 2 heterocycles. The zero-order valence-electron chi connectivity index (χ0n) is 25.6. The molecule has 1 amide bonds. The summed E-state index contributed by atoms with van der Waals surface area (Å²) in [6.45, 7) is 0.200. The third-order valence-electron chi connectivity index (χ3n) is 8.24. The van der Waals surface area contributed by atoms with Crippen LogP contribution in [-0.4, -0.2) is 56.4 Å². The molecule has 1 unspecified atom stereocenters. The highest BCUT2D eigenvalue weighted by molar-refractivity contribution is 6.31. The van der Waals surface area contributed by atoms with Gasteiger partial charge in [0.2, 0.25) is 5.91 Å². The van der Waals surface area contributed by atoms with Crippen molar-refractivity contribution < 1.29 is 27.9 Å². The fourth-order valence-electron chi connectivity index (χ4n) is 5.90. The second-order valence-electron chi connectivity index (χ2n) is 11.2. The molecule has 0 fully saturated rings. The highest BCUT2D eigenvalue weighted by atomic mass is 35.5. The summed E-state index contributed by atoms with van der Waals surface area (Å²) >= 11 is 6.07. The molecule has 0 bridgehead atoms. The van der Waals surface area contributed by atoms with Gasteiger partial charge in [-0.3, -0.25) is 14.4 Å². The molecular formula is C36H28ClF2N5O4. The minimum Gasteiger partial charge on any atom is -0.469 e. The van der Waals surface area contributed by atoms with E-state index in [0.717, 1.165) is 22.3 Å². The molecule has 1 aromatic heterocycles. The molecular weight excluding hydrogens is 640 g/mol. The lowest BCUT2D eigenvalue weighted by molar-refractivity contribution is -0.139. The molecule has 1 atom stereocenters. The van der Waals surface area contributed by atoms with Crippen LogP contribution in [-0.2, 0) is 38.4 Å². The van der Waals surface area contributed by atoms with E-state index in [0.29, 0.717) is 17.5 Å². The molecule has 0 saturated carbocycles. The maximum Gasteiger partial charge on any atom is 0.309 e. The zero-order chi connectivity index (χ0) is 33.8. The van der Waals surface area contributed by atoms with Crippen molar-refractivity contribution in [2.45, 2.75) is 25.3 Å². The lowest BCUT2D eigenvalue weighted by atomic mass is 9.83. The van der Waals surface area contributed by atoms with E-state index in [1.54, 1.807) is 0 Å². The first-order valence-corrected chi connectivity index (χ1v) is 15.4. The van der Waals surface area contributed by atoms with Gasteiger partial charge in [-0.15, -0.1) is 5.10 Å². The van der Waals surface area contributed by atoms with Crippen LogP contribution in [0.5, 0.6) is 0 Å². The molecule has 6 rings (SSSR count). The Balaban J connectivity index is 1.36. The van der Waals surface area contributed by atoms with E-state index in [-0.39, 0.29) is 47.4 Å². The predicted molar refractivity (Wildman–Crippen MR) is 174 cm³/mol. The normalized spacial score (nSPS) is 14.2. The number of esters is 1. The smallest absolute Gasteiger partial charge is 0.309 e. The summed E-state index contributed by atoms with van der Waals surface area (Å²) in [7, 11) is 1.34. The topological polar surface area (TPSA) is 107 Å². The minimum absolute atomic E-state index is 0.00678. The van der Waals surface area contributed by atoms with Gasteiger partial charge in [-0.1, -0.05) is 66.2 Å². The van der Waals surface area contributed by atoms with Gasteiger partial charge in [-0.2, -0.15) is 4.68 Å². The number of carbonyl (C=O) groups is 3. The van der Waals surface area contributed by atoms with Crippen molar-refractivity contribution in [1.29, 1.82) is 0 Å². The van der Waals surface area contributed by atoms with E-state index in [9.17, 15) is 18.8 Å². The van der Waals surface area contributed by atoms with Crippen molar-refractivity contribution in [3.8, 4) is 16.8 Å². The van der Waals surface area contributed by atoms with Gasteiger partial charge >= 0.3 is 5.97 Å². The number of amides is 1. The van der Waals surface area contributed by atoms with Crippen LogP contribution in [0.4, 0.5) is 8.78 Å². The molecule has 242 valence electrons. The summed E-state index contributed by atoms with van der Waals surface area (Å²) in [6, 6.07) is 20.7. The molecule has 12 heteroatoms. The van der Waals surface area contributed by atoms with Gasteiger partial charge < -0.3 is 9.64 Å². The van der Waals surface area contributed by atoms with E-state index in [2.05, 4.69) is 15.5 Å². The van der Waals surface area contributed by atoms with Crippen LogP contribution in [0, 0.1) is 11.6 Å². The minimum atomic E-state index is -0.974. The van der Waals surface area contributed by atoms with Crippen LogP contribution < -0.4 is 0 Å². The number of ketones is 1. The zero-order valence-corrected chi connectivity index (χ0v) is 26.4. The number of methoxy groups -OCH3 is 1. The van der Waals surface area contributed by atoms with Crippen molar-refractivity contribution >= 4 is 35.3 Å². The molecule has 0 aliphatic carbocycles. The molecule has 5 aromatic rings. The lowest BCUT2D eigenvalue weighted by Crippen LogP contribution is -2.43. The highest BCUT2D eigenvalue weighted by Gasteiger charge is 2.36. The van der Waals surface area contributed by atoms with Crippen LogP contribution in [0.3, 0.4) is 0 Å². The van der Waals surface area contributed by atoms with Crippen LogP contribution in [0.2, 0.25) is 5.02 Å². The summed E-state index contributed by atoms with van der Waals surface area (Å²) in [5.74, 6) is -2.31. The maximum atomic E-state index is 15.2. The van der Waals surface area contributed by atoms with Gasteiger partial charge in [0.25, 0.3) is 0 Å². The van der Waals surface area contributed by atoms with Gasteiger partial charge in [0.1, 0.15) is 18.2 Å². The Morgan fingerprint density at radius 1 is 0.958 bits per heavy atom.